The molecule has 1 heterocycles. The fraction of sp³-hybridized carbons (Fsp3) is 0.130. The Hall–Kier alpha value is -2.28. The van der Waals surface area contributed by atoms with Crippen LogP contribution in [0.1, 0.15) is 18.5 Å². The van der Waals surface area contributed by atoms with Gasteiger partial charge in [-0.15, -0.1) is 0 Å². The molecule has 0 fully saturated rings. The number of phenols is 1. The summed E-state index contributed by atoms with van der Waals surface area (Å²) in [6.07, 6.45) is 3.47. The van der Waals surface area contributed by atoms with Gasteiger partial charge in [-0.2, -0.15) is 0 Å². The molecule has 0 radical (unpaired) electrons. The van der Waals surface area contributed by atoms with E-state index in [1.165, 1.54) is 24.3 Å². The van der Waals surface area contributed by atoms with Crippen LogP contribution in [0.4, 0.5) is 5.69 Å². The molecule has 1 N–H and O–H groups in total. The predicted molar refractivity (Wildman–Crippen MR) is 125 cm³/mol. The van der Waals surface area contributed by atoms with Crippen molar-refractivity contribution in [2.75, 3.05) is 10.7 Å². The summed E-state index contributed by atoms with van der Waals surface area (Å²) in [4.78, 5) is 2.24. The normalized spacial score (nSPS) is 15.8. The predicted octanol–water partition coefficient (Wildman–Crippen LogP) is 6.34. The van der Waals surface area contributed by atoms with Gasteiger partial charge in [-0.3, -0.25) is 0 Å². The highest BCUT2D eigenvalue weighted by Crippen LogP contribution is 2.46. The lowest BCUT2D eigenvalue weighted by Crippen LogP contribution is -2.25. The zero-order valence-corrected chi connectivity index (χ0v) is 19.2. The van der Waals surface area contributed by atoms with Crippen molar-refractivity contribution < 1.29 is 13.5 Å². The van der Waals surface area contributed by atoms with E-state index in [0.29, 0.717) is 5.02 Å². The highest BCUT2D eigenvalue weighted by Gasteiger charge is 2.27. The van der Waals surface area contributed by atoms with E-state index in [1.807, 2.05) is 36.5 Å². The first-order valence-corrected chi connectivity index (χ1v) is 12.1. The van der Waals surface area contributed by atoms with Crippen molar-refractivity contribution in [2.45, 2.75) is 17.9 Å². The molecule has 0 aliphatic carbocycles. The van der Waals surface area contributed by atoms with Gasteiger partial charge in [0.1, 0.15) is 5.75 Å². The highest BCUT2D eigenvalue weighted by atomic mass is 79.9. The van der Waals surface area contributed by atoms with Gasteiger partial charge in [-0.05, 0) is 72.6 Å². The number of fused-ring (bicyclic) bond motifs is 3. The standard InChI is InChI=1S/C23H19BrClNO3S/c1-15-21-14-17(25)4-9-20(21)22-13-16(24)3-10-23(22)26(15)11-2-12-30(28,29)19-7-5-18(27)6-8-19/h2-11,13-15,27H,12H2,1H3. The second-order valence-electron chi connectivity index (χ2n) is 7.14. The maximum atomic E-state index is 12.6. The molecule has 0 spiro atoms. The molecular formula is C23H19BrClNO3S. The van der Waals surface area contributed by atoms with Crippen molar-refractivity contribution >= 4 is 43.1 Å². The molecule has 0 aromatic heterocycles. The molecule has 3 aromatic rings. The van der Waals surface area contributed by atoms with Crippen LogP contribution in [0.3, 0.4) is 0 Å². The van der Waals surface area contributed by atoms with E-state index < -0.39 is 9.84 Å². The number of hydrogen-bond donors (Lipinski definition) is 1. The highest BCUT2D eigenvalue weighted by molar-refractivity contribution is 9.10. The lowest BCUT2D eigenvalue weighted by molar-refractivity contribution is 0.475. The number of hydrogen-bond acceptors (Lipinski definition) is 4. The number of nitrogens with zero attached hydrogens (tertiary/aromatic N) is 1. The maximum Gasteiger partial charge on any atom is 0.181 e. The van der Waals surface area contributed by atoms with Crippen molar-refractivity contribution in [1.82, 2.24) is 0 Å². The first-order chi connectivity index (χ1) is 14.3. The van der Waals surface area contributed by atoms with Crippen molar-refractivity contribution in [1.29, 1.82) is 0 Å². The van der Waals surface area contributed by atoms with Gasteiger partial charge in [0, 0.05) is 26.9 Å². The van der Waals surface area contributed by atoms with E-state index in [4.69, 9.17) is 11.6 Å². The summed E-state index contributed by atoms with van der Waals surface area (Å²) >= 11 is 9.79. The SMILES string of the molecule is CC1c2cc(Cl)ccc2-c2cc(Br)ccc2N1C=CCS(=O)(=O)c1ccc(O)cc1. The Bertz CT molecular complexity index is 1240. The molecule has 0 saturated carbocycles. The molecule has 0 saturated heterocycles. The van der Waals surface area contributed by atoms with Gasteiger partial charge in [0.25, 0.3) is 0 Å². The first-order valence-electron chi connectivity index (χ1n) is 9.32. The van der Waals surface area contributed by atoms with Crippen molar-refractivity contribution in [3.63, 3.8) is 0 Å². The Morgan fingerprint density at radius 3 is 2.53 bits per heavy atom. The second-order valence-corrected chi connectivity index (χ2v) is 10.5. The topological polar surface area (TPSA) is 57.6 Å². The molecule has 30 heavy (non-hydrogen) atoms. The van der Waals surface area contributed by atoms with E-state index in [-0.39, 0.29) is 22.4 Å². The van der Waals surface area contributed by atoms with Crippen LogP contribution < -0.4 is 4.90 Å². The molecule has 0 amide bonds. The first kappa shape index (κ1) is 21.0. The molecule has 4 nitrogen and oxygen atoms in total. The van der Waals surface area contributed by atoms with Crippen molar-refractivity contribution in [3.8, 4) is 16.9 Å². The molecule has 1 unspecified atom stereocenters. The fourth-order valence-electron chi connectivity index (χ4n) is 3.67. The molecule has 1 atom stereocenters. The van der Waals surface area contributed by atoms with Gasteiger partial charge in [-0.1, -0.05) is 39.7 Å². The Morgan fingerprint density at radius 1 is 1.07 bits per heavy atom. The molecule has 1 aliphatic heterocycles. The van der Waals surface area contributed by atoms with Gasteiger partial charge >= 0.3 is 0 Å². The van der Waals surface area contributed by atoms with E-state index in [1.54, 1.807) is 6.08 Å². The summed E-state index contributed by atoms with van der Waals surface area (Å²) < 4.78 is 26.2. The quantitative estimate of drug-likeness (QED) is 0.450. The van der Waals surface area contributed by atoms with Crippen LogP contribution in [0, 0.1) is 0 Å². The van der Waals surface area contributed by atoms with Gasteiger partial charge < -0.3 is 10.0 Å². The largest absolute Gasteiger partial charge is 0.508 e. The van der Waals surface area contributed by atoms with Crippen LogP contribution in [-0.2, 0) is 9.84 Å². The van der Waals surface area contributed by atoms with E-state index in [0.717, 1.165) is 26.9 Å². The van der Waals surface area contributed by atoms with Gasteiger partial charge in [0.2, 0.25) is 0 Å². The van der Waals surface area contributed by atoms with Crippen LogP contribution >= 0.6 is 27.5 Å². The van der Waals surface area contributed by atoms with Crippen molar-refractivity contribution in [3.05, 3.63) is 88.0 Å². The summed E-state index contributed by atoms with van der Waals surface area (Å²) in [5.41, 5.74) is 4.25. The summed E-state index contributed by atoms with van der Waals surface area (Å²) in [6, 6.07) is 17.5. The van der Waals surface area contributed by atoms with Crippen LogP contribution in [0.5, 0.6) is 5.75 Å². The van der Waals surface area contributed by atoms with Crippen LogP contribution in [-0.4, -0.2) is 19.3 Å². The minimum atomic E-state index is -3.50. The Morgan fingerprint density at radius 2 is 1.80 bits per heavy atom. The van der Waals surface area contributed by atoms with Gasteiger partial charge in [0.15, 0.2) is 9.84 Å². The Labute approximate surface area is 189 Å². The Kier molecular flexibility index (Phi) is 5.66. The lowest BCUT2D eigenvalue weighted by atomic mass is 9.89. The molecule has 1 aliphatic rings. The minimum absolute atomic E-state index is 0.0139. The summed E-state index contributed by atoms with van der Waals surface area (Å²) in [7, 11) is -3.50. The van der Waals surface area contributed by atoms with Crippen LogP contribution in [0.2, 0.25) is 5.02 Å². The monoisotopic (exact) mass is 503 g/mol. The number of anilines is 1. The number of aromatic hydroxyl groups is 1. The third-order valence-electron chi connectivity index (χ3n) is 5.19. The number of halogens is 2. The van der Waals surface area contributed by atoms with Gasteiger partial charge in [-0.25, -0.2) is 8.42 Å². The summed E-state index contributed by atoms with van der Waals surface area (Å²) in [6.45, 7) is 2.07. The van der Waals surface area contributed by atoms with Gasteiger partial charge in [0.05, 0.1) is 16.7 Å². The van der Waals surface area contributed by atoms with E-state index in [9.17, 15) is 13.5 Å². The molecule has 154 valence electrons. The number of sulfone groups is 1. The average Bonchev–Trinajstić information content (AvgIpc) is 2.71. The van der Waals surface area contributed by atoms with Crippen LogP contribution in [0.25, 0.3) is 11.1 Å². The maximum absolute atomic E-state index is 12.6. The minimum Gasteiger partial charge on any atom is -0.508 e. The van der Waals surface area contributed by atoms with E-state index >= 15 is 0 Å². The average molecular weight is 505 g/mol. The number of rotatable bonds is 4. The molecule has 4 rings (SSSR count). The Balaban J connectivity index is 1.68. The summed E-state index contributed by atoms with van der Waals surface area (Å²) in [5.74, 6) is -0.110. The number of benzene rings is 3. The fourth-order valence-corrected chi connectivity index (χ4v) is 5.30. The third kappa shape index (κ3) is 4.00. The molecule has 3 aromatic carbocycles. The smallest absolute Gasteiger partial charge is 0.181 e. The lowest BCUT2D eigenvalue weighted by Gasteiger charge is -2.36. The second kappa shape index (κ2) is 8.10. The van der Waals surface area contributed by atoms with Crippen molar-refractivity contribution in [2.24, 2.45) is 0 Å². The third-order valence-corrected chi connectivity index (χ3v) is 7.54. The zero-order valence-electron chi connectivity index (χ0n) is 16.1. The molecule has 0 bridgehead atoms. The van der Waals surface area contributed by atoms with E-state index in [2.05, 4.69) is 33.8 Å². The molecule has 7 heteroatoms. The number of phenolic OH excluding ortho intramolecular Hbond substituents is 1. The summed E-state index contributed by atoms with van der Waals surface area (Å²) in [5, 5.41) is 10.0. The zero-order chi connectivity index (χ0) is 21.5. The molecular weight excluding hydrogens is 486 g/mol. The van der Waals surface area contributed by atoms with Crippen LogP contribution in [0.15, 0.2) is 82.3 Å².